The van der Waals surface area contributed by atoms with Crippen LogP contribution >= 0.6 is 0 Å². The van der Waals surface area contributed by atoms with E-state index in [1.165, 1.54) is 0 Å². The third-order valence-corrected chi connectivity index (χ3v) is 4.78. The number of fused-ring (bicyclic) bond motifs is 1. The summed E-state index contributed by atoms with van der Waals surface area (Å²) in [5.74, 6) is -0.0537. The Morgan fingerprint density at radius 1 is 1.11 bits per heavy atom. The molecular formula is C24H25NO3. The minimum atomic E-state index is -0.915. The zero-order valence-electron chi connectivity index (χ0n) is 16.5. The molecule has 0 atom stereocenters. The zero-order valence-corrected chi connectivity index (χ0v) is 16.5. The largest absolute Gasteiger partial charge is 0.494 e. The number of carboxylic acid groups (broad SMARTS) is 1. The molecule has 4 nitrogen and oxygen atoms in total. The van der Waals surface area contributed by atoms with Gasteiger partial charge in [-0.05, 0) is 55.3 Å². The first-order chi connectivity index (χ1) is 13.5. The molecule has 0 radical (unpaired) electrons. The molecule has 0 amide bonds. The van der Waals surface area contributed by atoms with Crippen LogP contribution < -0.4 is 10.1 Å². The molecule has 0 saturated heterocycles. The second kappa shape index (κ2) is 8.61. The van der Waals surface area contributed by atoms with Crippen molar-refractivity contribution in [3.05, 3.63) is 76.9 Å². The molecule has 28 heavy (non-hydrogen) atoms. The van der Waals surface area contributed by atoms with Crippen molar-refractivity contribution >= 4 is 28.5 Å². The Bertz CT molecular complexity index is 1040. The van der Waals surface area contributed by atoms with E-state index in [9.17, 15) is 9.90 Å². The summed E-state index contributed by atoms with van der Waals surface area (Å²) in [6, 6.07) is 18.2. The van der Waals surface area contributed by atoms with E-state index in [2.05, 4.69) is 23.5 Å². The van der Waals surface area contributed by atoms with Crippen molar-refractivity contribution in [2.24, 2.45) is 0 Å². The van der Waals surface area contributed by atoms with Crippen molar-refractivity contribution in [3.63, 3.8) is 0 Å². The smallest absolute Gasteiger partial charge is 0.331 e. The molecule has 0 saturated carbocycles. The Kier molecular flexibility index (Phi) is 5.99. The van der Waals surface area contributed by atoms with Crippen LogP contribution in [0.25, 0.3) is 16.8 Å². The number of aliphatic carboxylic acids is 1. The molecule has 3 aromatic rings. The molecule has 3 aromatic carbocycles. The van der Waals surface area contributed by atoms with Crippen LogP contribution in [-0.2, 0) is 11.3 Å². The fraction of sp³-hybridized carbons (Fsp3) is 0.208. The average Bonchev–Trinajstić information content (AvgIpc) is 2.69. The van der Waals surface area contributed by atoms with Crippen LogP contribution in [0.15, 0.2) is 60.2 Å². The van der Waals surface area contributed by atoms with Gasteiger partial charge in [0.25, 0.3) is 0 Å². The Labute approximate surface area is 165 Å². The summed E-state index contributed by atoms with van der Waals surface area (Å²) in [5.41, 5.74) is 4.20. The zero-order chi connectivity index (χ0) is 20.1. The molecule has 0 unspecified atom stereocenters. The lowest BCUT2D eigenvalue weighted by Crippen LogP contribution is -2.06. The third-order valence-electron chi connectivity index (χ3n) is 4.78. The SMILES string of the molecule is CCOc1ccc2ccccc2c1CNc1cccc(C)c1/C=C(\C)C(=O)O. The van der Waals surface area contributed by atoms with Crippen molar-refractivity contribution in [3.8, 4) is 5.75 Å². The number of aryl methyl sites for hydroxylation is 1. The van der Waals surface area contributed by atoms with E-state index in [1.54, 1.807) is 13.0 Å². The second-order valence-electron chi connectivity index (χ2n) is 6.72. The molecule has 4 heteroatoms. The first-order valence-corrected chi connectivity index (χ1v) is 9.39. The number of anilines is 1. The van der Waals surface area contributed by atoms with Gasteiger partial charge in [0.1, 0.15) is 5.75 Å². The Morgan fingerprint density at radius 3 is 2.64 bits per heavy atom. The molecule has 0 aliphatic rings. The molecule has 2 N–H and O–H groups in total. The Hall–Kier alpha value is -3.27. The maximum absolute atomic E-state index is 11.3. The number of rotatable bonds is 7. The van der Waals surface area contributed by atoms with Gasteiger partial charge in [0.2, 0.25) is 0 Å². The van der Waals surface area contributed by atoms with E-state index in [1.807, 2.05) is 50.2 Å². The van der Waals surface area contributed by atoms with Gasteiger partial charge in [0.15, 0.2) is 0 Å². The average molecular weight is 375 g/mol. The first-order valence-electron chi connectivity index (χ1n) is 9.39. The summed E-state index contributed by atoms with van der Waals surface area (Å²) in [5, 5.41) is 15.0. The highest BCUT2D eigenvalue weighted by molar-refractivity contribution is 5.93. The third kappa shape index (κ3) is 4.17. The molecule has 3 rings (SSSR count). The summed E-state index contributed by atoms with van der Waals surface area (Å²) >= 11 is 0. The highest BCUT2D eigenvalue weighted by Gasteiger charge is 2.11. The molecule has 144 valence electrons. The summed E-state index contributed by atoms with van der Waals surface area (Å²) < 4.78 is 5.85. The van der Waals surface area contributed by atoms with Crippen LogP contribution in [0.4, 0.5) is 5.69 Å². The fourth-order valence-electron chi connectivity index (χ4n) is 3.28. The summed E-state index contributed by atoms with van der Waals surface area (Å²) in [6.45, 7) is 6.74. The quantitative estimate of drug-likeness (QED) is 0.524. The lowest BCUT2D eigenvalue weighted by molar-refractivity contribution is -0.132. The van der Waals surface area contributed by atoms with Crippen molar-refractivity contribution < 1.29 is 14.6 Å². The van der Waals surface area contributed by atoms with Gasteiger partial charge in [0.05, 0.1) is 6.61 Å². The van der Waals surface area contributed by atoms with Gasteiger partial charge in [-0.1, -0.05) is 42.5 Å². The van der Waals surface area contributed by atoms with E-state index in [-0.39, 0.29) is 0 Å². The van der Waals surface area contributed by atoms with E-state index in [0.29, 0.717) is 18.7 Å². The molecule has 0 bridgehead atoms. The molecule has 0 fully saturated rings. The predicted octanol–water partition coefficient (Wildman–Crippen LogP) is 5.65. The van der Waals surface area contributed by atoms with Crippen LogP contribution in [0, 0.1) is 6.92 Å². The Morgan fingerprint density at radius 2 is 1.89 bits per heavy atom. The van der Waals surface area contributed by atoms with Gasteiger partial charge in [-0.15, -0.1) is 0 Å². The van der Waals surface area contributed by atoms with E-state index < -0.39 is 5.97 Å². The summed E-state index contributed by atoms with van der Waals surface area (Å²) in [4.78, 5) is 11.3. The van der Waals surface area contributed by atoms with Gasteiger partial charge in [0, 0.05) is 28.9 Å². The number of carboxylic acids is 1. The van der Waals surface area contributed by atoms with E-state index in [4.69, 9.17) is 4.74 Å². The fourth-order valence-corrected chi connectivity index (χ4v) is 3.28. The molecule has 0 aliphatic carbocycles. The van der Waals surface area contributed by atoms with Crippen LogP contribution in [0.3, 0.4) is 0 Å². The number of hydrogen-bond donors (Lipinski definition) is 2. The van der Waals surface area contributed by atoms with Gasteiger partial charge in [-0.25, -0.2) is 4.79 Å². The van der Waals surface area contributed by atoms with Crippen LogP contribution in [0.2, 0.25) is 0 Å². The standard InChI is InChI=1S/C24H25NO3/c1-4-28-23-13-12-18-9-5-6-10-19(18)21(23)15-25-22-11-7-8-16(2)20(22)14-17(3)24(26)27/h5-14,25H,4,15H2,1-3H3,(H,26,27)/b17-14+. The van der Waals surface area contributed by atoms with Gasteiger partial charge < -0.3 is 15.2 Å². The molecule has 0 aromatic heterocycles. The van der Waals surface area contributed by atoms with Gasteiger partial charge in [-0.2, -0.15) is 0 Å². The normalized spacial score (nSPS) is 11.5. The Balaban J connectivity index is 1.99. The van der Waals surface area contributed by atoms with Gasteiger partial charge in [-0.3, -0.25) is 0 Å². The molecule has 0 aliphatic heterocycles. The number of benzene rings is 3. The lowest BCUT2D eigenvalue weighted by Gasteiger charge is -2.17. The maximum Gasteiger partial charge on any atom is 0.331 e. The lowest BCUT2D eigenvalue weighted by atomic mass is 10.0. The topological polar surface area (TPSA) is 58.6 Å². The van der Waals surface area contributed by atoms with Crippen molar-refractivity contribution in [1.82, 2.24) is 0 Å². The first kappa shape index (κ1) is 19.5. The number of ether oxygens (including phenoxy) is 1. The highest BCUT2D eigenvalue weighted by atomic mass is 16.5. The minimum absolute atomic E-state index is 0.303. The van der Waals surface area contributed by atoms with Gasteiger partial charge >= 0.3 is 5.97 Å². The summed E-state index contributed by atoms with van der Waals surface area (Å²) in [7, 11) is 0. The minimum Gasteiger partial charge on any atom is -0.494 e. The van der Waals surface area contributed by atoms with Crippen LogP contribution in [0.5, 0.6) is 5.75 Å². The highest BCUT2D eigenvalue weighted by Crippen LogP contribution is 2.30. The van der Waals surface area contributed by atoms with Crippen molar-refractivity contribution in [1.29, 1.82) is 0 Å². The molecule has 0 heterocycles. The van der Waals surface area contributed by atoms with Crippen molar-refractivity contribution in [2.75, 3.05) is 11.9 Å². The summed E-state index contributed by atoms with van der Waals surface area (Å²) in [6.07, 6.45) is 1.71. The predicted molar refractivity (Wildman–Crippen MR) is 115 cm³/mol. The molecule has 0 spiro atoms. The monoisotopic (exact) mass is 375 g/mol. The van der Waals surface area contributed by atoms with Crippen LogP contribution in [-0.4, -0.2) is 17.7 Å². The number of nitrogens with one attached hydrogen (secondary N) is 1. The van der Waals surface area contributed by atoms with E-state index >= 15 is 0 Å². The second-order valence-corrected chi connectivity index (χ2v) is 6.72. The van der Waals surface area contributed by atoms with E-state index in [0.717, 1.165) is 38.9 Å². The number of carbonyl (C=O) groups is 1. The van der Waals surface area contributed by atoms with Crippen LogP contribution in [0.1, 0.15) is 30.5 Å². The maximum atomic E-state index is 11.3. The molecular weight excluding hydrogens is 350 g/mol. The van der Waals surface area contributed by atoms with Crippen molar-refractivity contribution in [2.45, 2.75) is 27.3 Å². The number of hydrogen-bond acceptors (Lipinski definition) is 3.